The highest BCUT2D eigenvalue weighted by Gasteiger charge is 2.32. The van der Waals surface area contributed by atoms with Crippen LogP contribution in [-0.4, -0.2) is 18.1 Å². The summed E-state index contributed by atoms with van der Waals surface area (Å²) in [7, 11) is 2.12. The van der Waals surface area contributed by atoms with Crippen LogP contribution < -0.4 is 5.32 Å². The van der Waals surface area contributed by atoms with Crippen LogP contribution in [0.25, 0.3) is 0 Å². The molecule has 21 heavy (non-hydrogen) atoms. The third-order valence-electron chi connectivity index (χ3n) is 5.40. The normalized spacial score (nSPS) is 25.0. The van der Waals surface area contributed by atoms with E-state index in [2.05, 4.69) is 47.0 Å². The van der Waals surface area contributed by atoms with Crippen LogP contribution in [0, 0.1) is 31.1 Å². The molecule has 1 aliphatic carbocycles. The zero-order valence-corrected chi connectivity index (χ0v) is 15.4. The molecule has 0 aliphatic heterocycles. The zero-order valence-electron chi connectivity index (χ0n) is 14.6. The van der Waals surface area contributed by atoms with E-state index >= 15 is 0 Å². The lowest BCUT2D eigenvalue weighted by atomic mass is 9.68. The third-order valence-corrected chi connectivity index (χ3v) is 6.50. The van der Waals surface area contributed by atoms with Crippen LogP contribution in [0.3, 0.4) is 0 Å². The fourth-order valence-corrected chi connectivity index (χ4v) is 4.70. The van der Waals surface area contributed by atoms with E-state index < -0.39 is 0 Å². The Hall–Kier alpha value is -0.410. The Morgan fingerprint density at radius 1 is 1.19 bits per heavy atom. The van der Waals surface area contributed by atoms with Crippen LogP contribution in [-0.2, 0) is 6.42 Å². The number of nitrogens with zero attached hydrogens (tertiary/aromatic N) is 1. The molecule has 1 N–H and O–H groups in total. The van der Waals surface area contributed by atoms with Crippen LogP contribution >= 0.6 is 11.3 Å². The first-order chi connectivity index (χ1) is 9.81. The maximum atomic E-state index is 4.73. The summed E-state index contributed by atoms with van der Waals surface area (Å²) in [6.45, 7) is 11.5. The smallest absolute Gasteiger partial charge is 0.0946 e. The molecule has 1 fully saturated rings. The number of nitrogens with one attached hydrogen (secondary N) is 1. The van der Waals surface area contributed by atoms with E-state index in [4.69, 9.17) is 4.98 Å². The molecule has 0 bridgehead atoms. The van der Waals surface area contributed by atoms with Gasteiger partial charge in [-0.25, -0.2) is 4.98 Å². The minimum Gasteiger partial charge on any atom is -0.316 e. The average Bonchev–Trinajstić information content (AvgIpc) is 2.74. The summed E-state index contributed by atoms with van der Waals surface area (Å²) in [5, 5.41) is 4.88. The van der Waals surface area contributed by atoms with Crippen molar-refractivity contribution in [2.75, 3.05) is 7.05 Å². The molecule has 120 valence electrons. The van der Waals surface area contributed by atoms with Crippen LogP contribution in [0.5, 0.6) is 0 Å². The summed E-state index contributed by atoms with van der Waals surface area (Å²) in [6.07, 6.45) is 6.62. The van der Waals surface area contributed by atoms with Crippen molar-refractivity contribution < 1.29 is 0 Å². The molecule has 0 radical (unpaired) electrons. The fourth-order valence-electron chi connectivity index (χ4n) is 3.71. The van der Waals surface area contributed by atoms with Crippen LogP contribution in [0.15, 0.2) is 0 Å². The molecule has 0 aromatic carbocycles. The van der Waals surface area contributed by atoms with Gasteiger partial charge in [0.25, 0.3) is 0 Å². The first kappa shape index (κ1) is 17.0. The van der Waals surface area contributed by atoms with Crippen molar-refractivity contribution in [2.24, 2.45) is 17.3 Å². The molecule has 0 amide bonds. The number of hydrogen-bond acceptors (Lipinski definition) is 3. The quantitative estimate of drug-likeness (QED) is 0.868. The van der Waals surface area contributed by atoms with E-state index in [9.17, 15) is 0 Å². The number of thiazole rings is 1. The van der Waals surface area contributed by atoms with E-state index in [1.165, 1.54) is 41.3 Å². The third kappa shape index (κ3) is 4.29. The van der Waals surface area contributed by atoms with Crippen molar-refractivity contribution in [3.05, 3.63) is 15.6 Å². The highest BCUT2D eigenvalue weighted by molar-refractivity contribution is 7.11. The van der Waals surface area contributed by atoms with E-state index in [0.29, 0.717) is 11.5 Å². The first-order valence-electron chi connectivity index (χ1n) is 8.41. The highest BCUT2D eigenvalue weighted by atomic mass is 32.1. The molecule has 1 aromatic heterocycles. The Kier molecular flexibility index (Phi) is 5.48. The molecular formula is C18H32N2S. The number of hydrogen-bond donors (Lipinski definition) is 1. The van der Waals surface area contributed by atoms with Gasteiger partial charge in [0.2, 0.25) is 0 Å². The first-order valence-corrected chi connectivity index (χ1v) is 9.23. The van der Waals surface area contributed by atoms with Crippen LogP contribution in [0.1, 0.15) is 62.0 Å². The number of rotatable bonds is 4. The van der Waals surface area contributed by atoms with Crippen molar-refractivity contribution in [3.8, 4) is 0 Å². The summed E-state index contributed by atoms with van der Waals surface area (Å²) in [5.41, 5.74) is 1.69. The SMILES string of the molecule is CNC(Cc1nc(C)c(C)s1)C1CCC(C(C)(C)C)CC1. The molecule has 2 rings (SSSR count). The van der Waals surface area contributed by atoms with Gasteiger partial charge < -0.3 is 5.32 Å². The minimum absolute atomic E-state index is 0.476. The minimum atomic E-state index is 0.476. The van der Waals surface area contributed by atoms with Gasteiger partial charge in [0.05, 0.1) is 10.7 Å². The van der Waals surface area contributed by atoms with Crippen molar-refractivity contribution in [1.82, 2.24) is 10.3 Å². The van der Waals surface area contributed by atoms with Gasteiger partial charge in [0.1, 0.15) is 0 Å². The predicted octanol–water partition coefficient (Wildman–Crippen LogP) is 4.74. The molecule has 3 heteroatoms. The van der Waals surface area contributed by atoms with E-state index in [1.54, 1.807) is 0 Å². The predicted molar refractivity (Wildman–Crippen MR) is 93.0 cm³/mol. The van der Waals surface area contributed by atoms with Gasteiger partial charge in [-0.3, -0.25) is 0 Å². The molecule has 1 aliphatic rings. The topological polar surface area (TPSA) is 24.9 Å². The molecule has 2 nitrogen and oxygen atoms in total. The largest absolute Gasteiger partial charge is 0.316 e. The van der Waals surface area contributed by atoms with E-state index in [1.807, 2.05) is 11.3 Å². The van der Waals surface area contributed by atoms with Gasteiger partial charge in [-0.15, -0.1) is 11.3 Å². The molecule has 0 saturated heterocycles. The average molecular weight is 309 g/mol. The van der Waals surface area contributed by atoms with Crippen molar-refractivity contribution in [2.45, 2.75) is 72.8 Å². The molecule has 0 spiro atoms. The maximum Gasteiger partial charge on any atom is 0.0946 e. The summed E-state index contributed by atoms with van der Waals surface area (Å²) in [6, 6.07) is 0.593. The molecule has 1 heterocycles. The zero-order chi connectivity index (χ0) is 15.6. The molecule has 1 aromatic rings. The highest BCUT2D eigenvalue weighted by Crippen LogP contribution is 2.41. The second-order valence-electron chi connectivity index (χ2n) is 7.83. The van der Waals surface area contributed by atoms with Crippen LogP contribution in [0.4, 0.5) is 0 Å². The maximum absolute atomic E-state index is 4.73. The Morgan fingerprint density at radius 2 is 1.81 bits per heavy atom. The van der Waals surface area contributed by atoms with Gasteiger partial charge in [-0.2, -0.15) is 0 Å². The summed E-state index contributed by atoms with van der Waals surface area (Å²) in [4.78, 5) is 6.10. The second-order valence-corrected chi connectivity index (χ2v) is 9.11. The number of aromatic nitrogens is 1. The van der Waals surface area contributed by atoms with Gasteiger partial charge in [-0.1, -0.05) is 20.8 Å². The van der Waals surface area contributed by atoms with Crippen molar-refractivity contribution in [3.63, 3.8) is 0 Å². The molecule has 1 unspecified atom stereocenters. The van der Waals surface area contributed by atoms with E-state index in [0.717, 1.165) is 18.3 Å². The van der Waals surface area contributed by atoms with Gasteiger partial charge in [0.15, 0.2) is 0 Å². The van der Waals surface area contributed by atoms with Gasteiger partial charge >= 0.3 is 0 Å². The molecular weight excluding hydrogens is 276 g/mol. The lowest BCUT2D eigenvalue weighted by molar-refractivity contribution is 0.134. The van der Waals surface area contributed by atoms with Gasteiger partial charge in [0, 0.05) is 17.3 Å². The van der Waals surface area contributed by atoms with Gasteiger partial charge in [-0.05, 0) is 63.8 Å². The Labute approximate surface area is 134 Å². The fraction of sp³-hybridized carbons (Fsp3) is 0.833. The second kappa shape index (κ2) is 6.78. The summed E-state index contributed by atoms with van der Waals surface area (Å²) < 4.78 is 0. The van der Waals surface area contributed by atoms with Crippen molar-refractivity contribution >= 4 is 11.3 Å². The Morgan fingerprint density at radius 3 is 2.24 bits per heavy atom. The van der Waals surface area contributed by atoms with Crippen molar-refractivity contribution in [1.29, 1.82) is 0 Å². The standard InChI is InChI=1S/C18H32N2S/c1-12-13(2)21-17(20-12)11-16(19-6)14-7-9-15(10-8-14)18(3,4)5/h14-16,19H,7-11H2,1-6H3. The molecule has 1 atom stereocenters. The van der Waals surface area contributed by atoms with E-state index in [-0.39, 0.29) is 0 Å². The van der Waals surface area contributed by atoms with Crippen LogP contribution in [0.2, 0.25) is 0 Å². The lowest BCUT2D eigenvalue weighted by Gasteiger charge is -2.39. The Bertz CT molecular complexity index is 431. The number of aryl methyl sites for hydroxylation is 2. The summed E-state index contributed by atoms with van der Waals surface area (Å²) in [5.74, 6) is 1.72. The summed E-state index contributed by atoms with van der Waals surface area (Å²) >= 11 is 1.88. The Balaban J connectivity index is 1.93. The number of likely N-dealkylation sites (N-methyl/N-ethyl adjacent to an activating group) is 1. The molecule has 1 saturated carbocycles. The monoisotopic (exact) mass is 308 g/mol. The lowest BCUT2D eigenvalue weighted by Crippen LogP contribution is -2.39.